The Morgan fingerprint density at radius 1 is 1.32 bits per heavy atom. The topological polar surface area (TPSA) is 64.6 Å². The van der Waals surface area contributed by atoms with Crippen LogP contribution < -0.4 is 10.6 Å². The van der Waals surface area contributed by atoms with Gasteiger partial charge < -0.3 is 15.7 Å². The van der Waals surface area contributed by atoms with E-state index in [1.54, 1.807) is 0 Å². The molecule has 5 nitrogen and oxygen atoms in total. The molecule has 2 rings (SSSR count). The highest BCUT2D eigenvalue weighted by Crippen LogP contribution is 2.30. The molecule has 2 amide bonds. The molecule has 1 heterocycles. The molecule has 5 heteroatoms. The van der Waals surface area contributed by atoms with Crippen LogP contribution in [0.3, 0.4) is 0 Å². The molecule has 0 spiro atoms. The van der Waals surface area contributed by atoms with Crippen LogP contribution in [0.15, 0.2) is 0 Å². The van der Waals surface area contributed by atoms with Crippen molar-refractivity contribution < 1.29 is 9.90 Å². The minimum Gasteiger partial charge on any atom is -0.388 e. The summed E-state index contributed by atoms with van der Waals surface area (Å²) in [6.07, 6.45) is 6.46. The molecule has 0 bridgehead atoms. The lowest BCUT2D eigenvalue weighted by Crippen LogP contribution is -2.57. The van der Waals surface area contributed by atoms with Crippen LogP contribution >= 0.6 is 0 Å². The van der Waals surface area contributed by atoms with Crippen LogP contribution in [0, 0.1) is 5.92 Å². The maximum Gasteiger partial charge on any atom is 0.314 e. The molecule has 0 radical (unpaired) electrons. The Morgan fingerprint density at radius 3 is 2.64 bits per heavy atom. The number of amides is 2. The maximum absolute atomic E-state index is 11.9. The summed E-state index contributed by atoms with van der Waals surface area (Å²) in [6, 6.07) is -0.169. The van der Waals surface area contributed by atoms with Gasteiger partial charge in [0.25, 0.3) is 0 Å². The number of rotatable bonds is 6. The second kappa shape index (κ2) is 7.18. The van der Waals surface area contributed by atoms with Crippen LogP contribution in [-0.2, 0) is 0 Å². The van der Waals surface area contributed by atoms with Crippen molar-refractivity contribution in [1.82, 2.24) is 15.5 Å². The van der Waals surface area contributed by atoms with Gasteiger partial charge in [-0.2, -0.15) is 0 Å². The van der Waals surface area contributed by atoms with Crippen LogP contribution in [0.2, 0.25) is 0 Å². The summed E-state index contributed by atoms with van der Waals surface area (Å²) in [5.74, 6) is 0.787. The highest BCUT2D eigenvalue weighted by molar-refractivity contribution is 5.74. The van der Waals surface area contributed by atoms with Gasteiger partial charge in [0.05, 0.1) is 5.60 Å². The Balaban J connectivity index is 1.72. The average molecular weight is 311 g/mol. The Bertz CT molecular complexity index is 380. The van der Waals surface area contributed by atoms with Crippen molar-refractivity contribution >= 4 is 6.03 Å². The molecule has 1 aliphatic carbocycles. The number of urea groups is 1. The van der Waals surface area contributed by atoms with Gasteiger partial charge in [-0.25, -0.2) is 4.79 Å². The van der Waals surface area contributed by atoms with E-state index in [1.807, 2.05) is 0 Å². The van der Waals surface area contributed by atoms with Gasteiger partial charge in [0.15, 0.2) is 0 Å². The molecule has 0 aromatic heterocycles. The predicted molar refractivity (Wildman–Crippen MR) is 88.9 cm³/mol. The summed E-state index contributed by atoms with van der Waals surface area (Å²) in [5, 5.41) is 15.8. The van der Waals surface area contributed by atoms with Crippen LogP contribution in [0.1, 0.15) is 59.3 Å². The fourth-order valence-electron chi connectivity index (χ4n) is 3.43. The first-order chi connectivity index (χ1) is 10.3. The molecule has 22 heavy (non-hydrogen) atoms. The number of aliphatic hydroxyl groups is 1. The number of hydrogen-bond acceptors (Lipinski definition) is 3. The van der Waals surface area contributed by atoms with Gasteiger partial charge in [0.1, 0.15) is 0 Å². The molecular formula is C17H33N3O2. The molecule has 1 atom stereocenters. The van der Waals surface area contributed by atoms with Crippen molar-refractivity contribution in [3.05, 3.63) is 0 Å². The minimum atomic E-state index is -0.659. The monoisotopic (exact) mass is 311 g/mol. The molecule has 2 aliphatic rings. The van der Waals surface area contributed by atoms with E-state index >= 15 is 0 Å². The molecular weight excluding hydrogens is 278 g/mol. The van der Waals surface area contributed by atoms with E-state index in [0.29, 0.717) is 13.1 Å². The van der Waals surface area contributed by atoms with Gasteiger partial charge in [0, 0.05) is 25.2 Å². The Hall–Kier alpha value is -0.810. The van der Waals surface area contributed by atoms with E-state index in [4.69, 9.17) is 0 Å². The quantitative estimate of drug-likeness (QED) is 0.704. The van der Waals surface area contributed by atoms with Crippen molar-refractivity contribution in [3.8, 4) is 0 Å². The van der Waals surface area contributed by atoms with Gasteiger partial charge in [-0.15, -0.1) is 0 Å². The van der Waals surface area contributed by atoms with Gasteiger partial charge >= 0.3 is 6.03 Å². The maximum atomic E-state index is 11.9. The fourth-order valence-corrected chi connectivity index (χ4v) is 3.43. The third kappa shape index (κ3) is 4.59. The van der Waals surface area contributed by atoms with Crippen molar-refractivity contribution in [2.75, 3.05) is 26.2 Å². The van der Waals surface area contributed by atoms with Gasteiger partial charge in [-0.1, -0.05) is 13.3 Å². The lowest BCUT2D eigenvalue weighted by Gasteiger charge is -2.43. The molecule has 1 unspecified atom stereocenters. The van der Waals surface area contributed by atoms with Crippen LogP contribution in [0.25, 0.3) is 0 Å². The van der Waals surface area contributed by atoms with Crippen molar-refractivity contribution in [2.45, 2.75) is 70.4 Å². The number of piperidine rings is 1. The van der Waals surface area contributed by atoms with Gasteiger partial charge in [-0.3, -0.25) is 4.90 Å². The summed E-state index contributed by atoms with van der Waals surface area (Å²) in [7, 11) is 0. The van der Waals surface area contributed by atoms with E-state index in [-0.39, 0.29) is 11.6 Å². The fraction of sp³-hybridized carbons (Fsp3) is 0.941. The Morgan fingerprint density at radius 2 is 2.05 bits per heavy atom. The van der Waals surface area contributed by atoms with E-state index in [1.165, 1.54) is 19.3 Å². The lowest BCUT2D eigenvalue weighted by molar-refractivity contribution is -0.0290. The van der Waals surface area contributed by atoms with Crippen LogP contribution in [0.4, 0.5) is 4.79 Å². The zero-order valence-corrected chi connectivity index (χ0v) is 14.5. The molecule has 0 aromatic carbocycles. The van der Waals surface area contributed by atoms with Crippen molar-refractivity contribution in [1.29, 1.82) is 0 Å². The third-order valence-electron chi connectivity index (χ3n) is 5.50. The molecule has 2 fully saturated rings. The molecule has 0 aromatic rings. The first-order valence-electron chi connectivity index (χ1n) is 8.84. The van der Waals surface area contributed by atoms with Gasteiger partial charge in [0.2, 0.25) is 0 Å². The van der Waals surface area contributed by atoms with Crippen molar-refractivity contribution in [3.63, 3.8) is 0 Å². The number of likely N-dealkylation sites (tertiary alicyclic amines) is 1. The third-order valence-corrected chi connectivity index (χ3v) is 5.50. The summed E-state index contributed by atoms with van der Waals surface area (Å²) in [5.41, 5.74) is -0.688. The Labute approximate surface area is 134 Å². The first kappa shape index (κ1) is 17.5. The van der Waals surface area contributed by atoms with E-state index in [0.717, 1.165) is 38.3 Å². The summed E-state index contributed by atoms with van der Waals surface area (Å²) in [6.45, 7) is 9.90. The SMILES string of the molecule is CCC1CCCN(C(C)(C)CNC(=O)NCC2(O)CCC2)C1. The van der Waals surface area contributed by atoms with E-state index in [2.05, 4.69) is 36.3 Å². The molecule has 3 N–H and O–H groups in total. The predicted octanol–water partition coefficient (Wildman–Crippen LogP) is 2.10. The van der Waals surface area contributed by atoms with Crippen molar-refractivity contribution in [2.24, 2.45) is 5.92 Å². The summed E-state index contributed by atoms with van der Waals surface area (Å²) >= 11 is 0. The number of hydrogen-bond donors (Lipinski definition) is 3. The van der Waals surface area contributed by atoms with Gasteiger partial charge in [-0.05, 0) is 58.4 Å². The zero-order chi connectivity index (χ0) is 16.2. The molecule has 1 saturated heterocycles. The van der Waals surface area contributed by atoms with E-state index in [9.17, 15) is 9.90 Å². The van der Waals surface area contributed by atoms with Crippen LogP contribution in [-0.4, -0.2) is 53.4 Å². The summed E-state index contributed by atoms with van der Waals surface area (Å²) < 4.78 is 0. The average Bonchev–Trinajstić information content (AvgIpc) is 2.49. The molecule has 128 valence electrons. The highest BCUT2D eigenvalue weighted by Gasteiger charge is 2.35. The summed E-state index contributed by atoms with van der Waals surface area (Å²) in [4.78, 5) is 14.4. The largest absolute Gasteiger partial charge is 0.388 e. The number of nitrogens with zero attached hydrogens (tertiary/aromatic N) is 1. The molecule has 1 aliphatic heterocycles. The zero-order valence-electron chi connectivity index (χ0n) is 14.5. The standard InChI is InChI=1S/C17H33N3O2/c1-4-14-7-5-10-20(11-14)16(2,3)12-18-15(21)19-13-17(22)8-6-9-17/h14,22H,4-13H2,1-3H3,(H2,18,19,21). The second-order valence-corrected chi connectivity index (χ2v) is 7.79. The van der Waals surface area contributed by atoms with Crippen LogP contribution in [0.5, 0.6) is 0 Å². The number of carbonyl (C=O) groups excluding carboxylic acids is 1. The number of nitrogens with one attached hydrogen (secondary N) is 2. The smallest absolute Gasteiger partial charge is 0.314 e. The number of carbonyl (C=O) groups is 1. The van der Waals surface area contributed by atoms with E-state index < -0.39 is 5.60 Å². The lowest BCUT2D eigenvalue weighted by atomic mass is 9.80. The normalized spacial score (nSPS) is 25.4. The highest BCUT2D eigenvalue weighted by atomic mass is 16.3. The minimum absolute atomic E-state index is 0.0292. The molecule has 1 saturated carbocycles. The Kier molecular flexibility index (Phi) is 5.72. The first-order valence-corrected chi connectivity index (χ1v) is 8.84. The second-order valence-electron chi connectivity index (χ2n) is 7.79.